The van der Waals surface area contributed by atoms with Gasteiger partial charge < -0.3 is 15.7 Å². The van der Waals surface area contributed by atoms with Crippen molar-refractivity contribution in [3.63, 3.8) is 0 Å². The number of carbonyl (C=O) groups is 2. The third-order valence-corrected chi connectivity index (χ3v) is 4.38. The number of benzene rings is 1. The van der Waals surface area contributed by atoms with Crippen LogP contribution in [0.1, 0.15) is 44.2 Å². The Kier molecular flexibility index (Phi) is 5.66. The number of rotatable bonds is 4. The molecule has 0 radical (unpaired) electrons. The van der Waals surface area contributed by atoms with Gasteiger partial charge in [-0.1, -0.05) is 23.7 Å². The molecule has 22 heavy (non-hydrogen) atoms. The summed E-state index contributed by atoms with van der Waals surface area (Å²) in [5.74, 6) is -1.01. The number of amides is 2. The summed E-state index contributed by atoms with van der Waals surface area (Å²) < 4.78 is 0. The smallest absolute Gasteiger partial charge is 0.315 e. The van der Waals surface area contributed by atoms with Gasteiger partial charge in [0.1, 0.15) is 0 Å². The lowest BCUT2D eigenvalue weighted by atomic mass is 9.86. The van der Waals surface area contributed by atoms with Gasteiger partial charge in [-0.2, -0.15) is 0 Å². The van der Waals surface area contributed by atoms with Crippen LogP contribution in [0, 0.1) is 5.92 Å². The summed E-state index contributed by atoms with van der Waals surface area (Å²) >= 11 is 5.84. The van der Waals surface area contributed by atoms with Gasteiger partial charge in [0.2, 0.25) is 0 Å². The van der Waals surface area contributed by atoms with Gasteiger partial charge in [-0.15, -0.1) is 0 Å². The predicted octanol–water partition coefficient (Wildman–Crippen LogP) is 3.34. The number of hydrogen-bond acceptors (Lipinski definition) is 2. The minimum atomic E-state index is -0.737. The van der Waals surface area contributed by atoms with Crippen LogP contribution in [0.4, 0.5) is 4.79 Å². The van der Waals surface area contributed by atoms with E-state index in [2.05, 4.69) is 10.6 Å². The van der Waals surface area contributed by atoms with E-state index in [9.17, 15) is 9.59 Å². The normalized spacial score (nSPS) is 22.6. The van der Waals surface area contributed by atoms with Crippen molar-refractivity contribution in [1.82, 2.24) is 10.6 Å². The van der Waals surface area contributed by atoms with Gasteiger partial charge in [-0.3, -0.25) is 4.79 Å². The number of carboxylic acid groups (broad SMARTS) is 1. The SMILES string of the molecule is C[C@H](NC(=O)NC1CCC(C(=O)O)CC1)c1ccc(Cl)cc1. The van der Waals surface area contributed by atoms with E-state index < -0.39 is 5.97 Å². The van der Waals surface area contributed by atoms with Crippen LogP contribution >= 0.6 is 11.6 Å². The minimum absolute atomic E-state index is 0.0491. The van der Waals surface area contributed by atoms with E-state index in [1.807, 2.05) is 19.1 Å². The van der Waals surface area contributed by atoms with Gasteiger partial charge >= 0.3 is 12.0 Å². The quantitative estimate of drug-likeness (QED) is 0.794. The zero-order valence-electron chi connectivity index (χ0n) is 12.5. The van der Waals surface area contributed by atoms with Gasteiger partial charge in [0.15, 0.2) is 0 Å². The molecule has 2 amide bonds. The maximum Gasteiger partial charge on any atom is 0.315 e. The highest BCUT2D eigenvalue weighted by Crippen LogP contribution is 2.24. The monoisotopic (exact) mass is 324 g/mol. The van der Waals surface area contributed by atoms with Crippen molar-refractivity contribution in [2.75, 3.05) is 0 Å². The molecule has 0 unspecified atom stereocenters. The van der Waals surface area contributed by atoms with Gasteiger partial charge in [-0.25, -0.2) is 4.79 Å². The third kappa shape index (κ3) is 4.63. The van der Waals surface area contributed by atoms with E-state index in [1.165, 1.54) is 0 Å². The summed E-state index contributed by atoms with van der Waals surface area (Å²) in [6, 6.07) is 7.05. The molecule has 1 atom stereocenters. The fourth-order valence-electron chi connectivity index (χ4n) is 2.74. The molecule has 5 nitrogen and oxygen atoms in total. The Morgan fingerprint density at radius 3 is 2.32 bits per heavy atom. The molecular formula is C16H21ClN2O3. The standard InChI is InChI=1S/C16H21ClN2O3/c1-10(11-2-6-13(17)7-3-11)18-16(22)19-14-8-4-12(5-9-14)15(20)21/h2-3,6-7,10,12,14H,4-5,8-9H2,1H3,(H,20,21)(H2,18,19,22)/t10-,12?,14?/m0/s1. The summed E-state index contributed by atoms with van der Waals surface area (Å²) in [6.45, 7) is 1.91. The van der Waals surface area contributed by atoms with Crippen LogP contribution < -0.4 is 10.6 Å². The zero-order chi connectivity index (χ0) is 16.1. The number of carbonyl (C=O) groups excluding carboxylic acids is 1. The summed E-state index contributed by atoms with van der Waals surface area (Å²) in [5.41, 5.74) is 0.981. The lowest BCUT2D eigenvalue weighted by Gasteiger charge is -2.27. The molecule has 0 heterocycles. The van der Waals surface area contributed by atoms with Crippen LogP contribution in [0.5, 0.6) is 0 Å². The molecule has 1 fully saturated rings. The first-order valence-electron chi connectivity index (χ1n) is 7.51. The van der Waals surface area contributed by atoms with E-state index in [0.29, 0.717) is 30.7 Å². The average molecular weight is 325 g/mol. The second-order valence-electron chi connectivity index (χ2n) is 5.78. The van der Waals surface area contributed by atoms with Crippen molar-refractivity contribution in [3.8, 4) is 0 Å². The molecule has 120 valence electrons. The Morgan fingerprint density at radius 1 is 1.18 bits per heavy atom. The van der Waals surface area contributed by atoms with Crippen molar-refractivity contribution in [2.24, 2.45) is 5.92 Å². The van der Waals surface area contributed by atoms with Crippen LogP contribution in [0.15, 0.2) is 24.3 Å². The molecule has 0 aliphatic heterocycles. The van der Waals surface area contributed by atoms with Crippen LogP contribution in [0.25, 0.3) is 0 Å². The Morgan fingerprint density at radius 2 is 1.77 bits per heavy atom. The van der Waals surface area contributed by atoms with Crippen molar-refractivity contribution in [1.29, 1.82) is 0 Å². The van der Waals surface area contributed by atoms with E-state index in [-0.39, 0.29) is 24.0 Å². The number of carboxylic acids is 1. The van der Waals surface area contributed by atoms with Crippen LogP contribution in [-0.2, 0) is 4.79 Å². The Balaban J connectivity index is 1.78. The Hall–Kier alpha value is -1.75. The first-order valence-corrected chi connectivity index (χ1v) is 7.89. The minimum Gasteiger partial charge on any atom is -0.481 e. The van der Waals surface area contributed by atoms with E-state index >= 15 is 0 Å². The Labute approximate surface area is 135 Å². The molecule has 1 aliphatic rings. The Bertz CT molecular complexity index is 525. The number of aliphatic carboxylic acids is 1. The van der Waals surface area contributed by atoms with E-state index in [0.717, 1.165) is 5.56 Å². The summed E-state index contributed by atoms with van der Waals surface area (Å²) in [5, 5.41) is 15.4. The summed E-state index contributed by atoms with van der Waals surface area (Å²) in [4.78, 5) is 22.9. The van der Waals surface area contributed by atoms with Gasteiger partial charge in [0, 0.05) is 11.1 Å². The molecular weight excluding hydrogens is 304 g/mol. The predicted molar refractivity (Wildman–Crippen MR) is 84.9 cm³/mol. The van der Waals surface area contributed by atoms with Crippen molar-refractivity contribution >= 4 is 23.6 Å². The maximum atomic E-state index is 12.0. The fourth-order valence-corrected chi connectivity index (χ4v) is 2.87. The second kappa shape index (κ2) is 7.49. The first kappa shape index (κ1) is 16.6. The highest BCUT2D eigenvalue weighted by molar-refractivity contribution is 6.30. The molecule has 2 rings (SSSR count). The summed E-state index contributed by atoms with van der Waals surface area (Å²) in [7, 11) is 0. The molecule has 0 bridgehead atoms. The number of halogens is 1. The molecule has 1 aromatic carbocycles. The number of urea groups is 1. The lowest BCUT2D eigenvalue weighted by molar-refractivity contribution is -0.142. The van der Waals surface area contributed by atoms with Crippen LogP contribution in [0.2, 0.25) is 5.02 Å². The highest BCUT2D eigenvalue weighted by Gasteiger charge is 2.26. The molecule has 1 saturated carbocycles. The molecule has 0 spiro atoms. The van der Waals surface area contributed by atoms with Crippen molar-refractivity contribution in [2.45, 2.75) is 44.7 Å². The van der Waals surface area contributed by atoms with Crippen molar-refractivity contribution in [3.05, 3.63) is 34.9 Å². The van der Waals surface area contributed by atoms with Gasteiger partial charge in [0.25, 0.3) is 0 Å². The largest absolute Gasteiger partial charge is 0.481 e. The maximum absolute atomic E-state index is 12.0. The van der Waals surface area contributed by atoms with Crippen LogP contribution in [0.3, 0.4) is 0 Å². The lowest BCUT2D eigenvalue weighted by Crippen LogP contribution is -2.44. The van der Waals surface area contributed by atoms with Gasteiger partial charge in [0.05, 0.1) is 12.0 Å². The molecule has 1 aliphatic carbocycles. The topological polar surface area (TPSA) is 78.4 Å². The molecule has 1 aromatic rings. The van der Waals surface area contributed by atoms with Crippen molar-refractivity contribution < 1.29 is 14.7 Å². The second-order valence-corrected chi connectivity index (χ2v) is 6.21. The average Bonchev–Trinajstić information content (AvgIpc) is 2.48. The fraction of sp³-hybridized carbons (Fsp3) is 0.500. The highest BCUT2D eigenvalue weighted by atomic mass is 35.5. The van der Waals surface area contributed by atoms with Gasteiger partial charge in [-0.05, 0) is 50.3 Å². The molecule has 6 heteroatoms. The van der Waals surface area contributed by atoms with E-state index in [4.69, 9.17) is 16.7 Å². The molecule has 0 aromatic heterocycles. The van der Waals surface area contributed by atoms with E-state index in [1.54, 1.807) is 12.1 Å². The first-order chi connectivity index (χ1) is 10.5. The van der Waals surface area contributed by atoms with Crippen LogP contribution in [-0.4, -0.2) is 23.1 Å². The number of nitrogens with one attached hydrogen (secondary N) is 2. The third-order valence-electron chi connectivity index (χ3n) is 4.13. The summed E-state index contributed by atoms with van der Waals surface area (Å²) in [6.07, 6.45) is 2.65. The zero-order valence-corrected chi connectivity index (χ0v) is 13.3. The molecule has 3 N–H and O–H groups in total. The number of hydrogen-bond donors (Lipinski definition) is 3. The molecule has 0 saturated heterocycles.